The number of thiophene rings is 1. The number of fused-ring (bicyclic) bond motifs is 1. The molecule has 1 aromatic carbocycles. The summed E-state index contributed by atoms with van der Waals surface area (Å²) in [6.45, 7) is 0. The van der Waals surface area contributed by atoms with Crippen molar-refractivity contribution in [2.45, 2.75) is 6.18 Å². The standard InChI is InChI=1S/C13H10F3N3S/c1-19-9(6-12(17)18-19)11-5-7-8(13(14,15)16)3-2-4-10(7)20-11/h2-6H,1H3,(H2,17,18). The highest BCUT2D eigenvalue weighted by atomic mass is 32.1. The molecule has 3 aromatic rings. The van der Waals surface area contributed by atoms with Gasteiger partial charge in [0.2, 0.25) is 0 Å². The Kier molecular flexibility index (Phi) is 2.75. The summed E-state index contributed by atoms with van der Waals surface area (Å²) in [5, 5.41) is 4.22. The molecule has 0 amide bonds. The Labute approximate surface area is 116 Å². The Morgan fingerprint density at radius 1 is 1.25 bits per heavy atom. The molecule has 2 heterocycles. The zero-order valence-electron chi connectivity index (χ0n) is 10.4. The summed E-state index contributed by atoms with van der Waals surface area (Å²) in [4.78, 5) is 0.711. The van der Waals surface area contributed by atoms with E-state index >= 15 is 0 Å². The van der Waals surface area contributed by atoms with Crippen molar-refractivity contribution in [2.75, 3.05) is 5.73 Å². The molecular weight excluding hydrogens is 287 g/mol. The molecule has 2 aromatic heterocycles. The summed E-state index contributed by atoms with van der Waals surface area (Å²) in [6, 6.07) is 7.38. The fraction of sp³-hybridized carbons (Fsp3) is 0.154. The predicted molar refractivity (Wildman–Crippen MR) is 73.4 cm³/mol. The molecule has 3 nitrogen and oxygen atoms in total. The third kappa shape index (κ3) is 2.03. The first-order valence-electron chi connectivity index (χ1n) is 5.76. The number of halogens is 3. The molecule has 3 rings (SSSR count). The number of nitrogens with zero attached hydrogens (tertiary/aromatic N) is 2. The predicted octanol–water partition coefficient (Wildman–Crippen LogP) is 3.90. The van der Waals surface area contributed by atoms with Crippen LogP contribution in [0.25, 0.3) is 20.7 Å². The quantitative estimate of drug-likeness (QED) is 0.740. The summed E-state index contributed by atoms with van der Waals surface area (Å²) in [5.74, 6) is 0.344. The van der Waals surface area contributed by atoms with Crippen LogP contribution in [0.15, 0.2) is 30.3 Å². The van der Waals surface area contributed by atoms with E-state index in [1.54, 1.807) is 29.9 Å². The van der Waals surface area contributed by atoms with E-state index < -0.39 is 11.7 Å². The van der Waals surface area contributed by atoms with E-state index in [-0.39, 0.29) is 5.39 Å². The number of alkyl halides is 3. The maximum absolute atomic E-state index is 13.0. The average Bonchev–Trinajstić information content (AvgIpc) is 2.89. The van der Waals surface area contributed by atoms with Crippen molar-refractivity contribution >= 4 is 27.2 Å². The molecule has 0 bridgehead atoms. The molecule has 0 unspecified atom stereocenters. The highest BCUT2D eigenvalue weighted by Crippen LogP contribution is 2.40. The minimum Gasteiger partial charge on any atom is -0.382 e. The zero-order valence-corrected chi connectivity index (χ0v) is 11.2. The second kappa shape index (κ2) is 4.24. The molecule has 20 heavy (non-hydrogen) atoms. The molecule has 7 heteroatoms. The molecule has 2 N–H and O–H groups in total. The number of aromatic nitrogens is 2. The van der Waals surface area contributed by atoms with E-state index in [1.807, 2.05) is 0 Å². The molecule has 0 spiro atoms. The Hall–Kier alpha value is -2.02. The van der Waals surface area contributed by atoms with Gasteiger partial charge in [0.25, 0.3) is 0 Å². The van der Waals surface area contributed by atoms with Crippen LogP contribution in [-0.4, -0.2) is 9.78 Å². The Morgan fingerprint density at radius 3 is 2.60 bits per heavy atom. The second-order valence-corrected chi connectivity index (χ2v) is 5.49. The molecule has 0 aliphatic heterocycles. The number of hydrogen-bond acceptors (Lipinski definition) is 3. The van der Waals surface area contributed by atoms with Crippen LogP contribution >= 0.6 is 11.3 Å². The smallest absolute Gasteiger partial charge is 0.382 e. The monoisotopic (exact) mass is 297 g/mol. The van der Waals surface area contributed by atoms with Crippen LogP contribution in [0.4, 0.5) is 19.0 Å². The number of benzene rings is 1. The number of aryl methyl sites for hydroxylation is 1. The lowest BCUT2D eigenvalue weighted by atomic mass is 10.1. The first kappa shape index (κ1) is 13.0. The van der Waals surface area contributed by atoms with Crippen LogP contribution in [0.3, 0.4) is 0 Å². The molecule has 104 valence electrons. The van der Waals surface area contributed by atoms with Crippen LogP contribution < -0.4 is 5.73 Å². The average molecular weight is 297 g/mol. The van der Waals surface area contributed by atoms with Crippen LogP contribution in [0.2, 0.25) is 0 Å². The highest BCUT2D eigenvalue weighted by molar-refractivity contribution is 7.22. The van der Waals surface area contributed by atoms with Crippen molar-refractivity contribution < 1.29 is 13.2 Å². The third-order valence-corrected chi connectivity index (χ3v) is 4.14. The normalized spacial score (nSPS) is 12.2. The Morgan fingerprint density at radius 2 is 2.00 bits per heavy atom. The van der Waals surface area contributed by atoms with Gasteiger partial charge in [0, 0.05) is 23.2 Å². The van der Waals surface area contributed by atoms with Gasteiger partial charge in [-0.25, -0.2) is 0 Å². The minimum atomic E-state index is -4.36. The first-order valence-corrected chi connectivity index (χ1v) is 6.57. The van der Waals surface area contributed by atoms with Crippen molar-refractivity contribution in [1.29, 1.82) is 0 Å². The molecule has 0 saturated carbocycles. The van der Waals surface area contributed by atoms with Gasteiger partial charge in [-0.2, -0.15) is 18.3 Å². The SMILES string of the molecule is Cn1nc(N)cc1-c1cc2c(C(F)(F)F)cccc2s1. The van der Waals surface area contributed by atoms with Crippen LogP contribution in [0.1, 0.15) is 5.56 Å². The van der Waals surface area contributed by atoms with Crippen molar-refractivity contribution in [3.05, 3.63) is 35.9 Å². The lowest BCUT2D eigenvalue weighted by Gasteiger charge is -2.06. The van der Waals surface area contributed by atoms with Crippen molar-refractivity contribution in [3.8, 4) is 10.6 Å². The molecule has 0 atom stereocenters. The third-order valence-electron chi connectivity index (χ3n) is 3.02. The topological polar surface area (TPSA) is 43.8 Å². The van der Waals surface area contributed by atoms with Gasteiger partial charge >= 0.3 is 6.18 Å². The first-order chi connectivity index (χ1) is 9.36. The maximum Gasteiger partial charge on any atom is 0.417 e. The van der Waals surface area contributed by atoms with Crippen LogP contribution in [-0.2, 0) is 13.2 Å². The summed E-state index contributed by atoms with van der Waals surface area (Å²) >= 11 is 1.29. The molecular formula is C13H10F3N3S. The fourth-order valence-corrected chi connectivity index (χ4v) is 3.29. The minimum absolute atomic E-state index is 0.208. The molecule has 0 radical (unpaired) electrons. The summed E-state index contributed by atoms with van der Waals surface area (Å²) < 4.78 is 41.1. The van der Waals surface area contributed by atoms with Gasteiger partial charge < -0.3 is 5.73 Å². The van der Waals surface area contributed by atoms with Gasteiger partial charge in [0.1, 0.15) is 5.82 Å². The lowest BCUT2D eigenvalue weighted by Crippen LogP contribution is -2.04. The van der Waals surface area contributed by atoms with Gasteiger partial charge in [-0.1, -0.05) is 6.07 Å². The number of nitrogen functional groups attached to an aromatic ring is 1. The van der Waals surface area contributed by atoms with Crippen molar-refractivity contribution in [2.24, 2.45) is 7.05 Å². The van der Waals surface area contributed by atoms with Crippen LogP contribution in [0.5, 0.6) is 0 Å². The molecule has 0 aliphatic carbocycles. The van der Waals surface area contributed by atoms with E-state index in [9.17, 15) is 13.2 Å². The van der Waals surface area contributed by atoms with Gasteiger partial charge in [-0.15, -0.1) is 11.3 Å². The maximum atomic E-state index is 13.0. The number of nitrogens with two attached hydrogens (primary N) is 1. The Balaban J connectivity index is 2.24. The number of hydrogen-bond donors (Lipinski definition) is 1. The number of anilines is 1. The molecule has 0 saturated heterocycles. The van der Waals surface area contributed by atoms with E-state index in [0.717, 1.165) is 6.07 Å². The number of rotatable bonds is 1. The summed E-state index contributed by atoms with van der Waals surface area (Å²) in [6.07, 6.45) is -4.36. The zero-order chi connectivity index (χ0) is 14.5. The van der Waals surface area contributed by atoms with Gasteiger partial charge in [-0.3, -0.25) is 4.68 Å². The van der Waals surface area contributed by atoms with Gasteiger partial charge in [0.05, 0.1) is 16.1 Å². The van der Waals surface area contributed by atoms with E-state index in [4.69, 9.17) is 5.73 Å². The fourth-order valence-electron chi connectivity index (χ4n) is 2.15. The largest absolute Gasteiger partial charge is 0.417 e. The van der Waals surface area contributed by atoms with E-state index in [0.29, 0.717) is 21.1 Å². The molecule has 0 fully saturated rings. The van der Waals surface area contributed by atoms with Crippen molar-refractivity contribution in [1.82, 2.24) is 9.78 Å². The summed E-state index contributed by atoms with van der Waals surface area (Å²) in [7, 11) is 1.71. The highest BCUT2D eigenvalue weighted by Gasteiger charge is 2.32. The lowest BCUT2D eigenvalue weighted by molar-refractivity contribution is -0.136. The Bertz CT molecular complexity index is 786. The van der Waals surface area contributed by atoms with Crippen molar-refractivity contribution in [3.63, 3.8) is 0 Å². The van der Waals surface area contributed by atoms with Crippen LogP contribution in [0, 0.1) is 0 Å². The van der Waals surface area contributed by atoms with Gasteiger partial charge in [0.15, 0.2) is 0 Å². The molecule has 0 aliphatic rings. The van der Waals surface area contributed by atoms with Gasteiger partial charge in [-0.05, 0) is 18.2 Å². The summed E-state index contributed by atoms with van der Waals surface area (Å²) in [5.41, 5.74) is 5.69. The second-order valence-electron chi connectivity index (χ2n) is 4.40. The van der Waals surface area contributed by atoms with E-state index in [2.05, 4.69) is 5.10 Å². The van der Waals surface area contributed by atoms with E-state index in [1.165, 1.54) is 17.4 Å².